The quantitative estimate of drug-likeness (QED) is 0.695. The van der Waals surface area contributed by atoms with Crippen LogP contribution in [0.15, 0.2) is 30.6 Å². The van der Waals surface area contributed by atoms with E-state index in [2.05, 4.69) is 10.1 Å². The second-order valence-corrected chi connectivity index (χ2v) is 3.15. The summed E-state index contributed by atoms with van der Waals surface area (Å²) in [6, 6.07) is 7.52. The first-order chi connectivity index (χ1) is 6.27. The third-order valence-corrected chi connectivity index (χ3v) is 2.07. The van der Waals surface area contributed by atoms with Crippen LogP contribution in [0.5, 0.6) is 0 Å². The van der Waals surface area contributed by atoms with Crippen LogP contribution >= 0.6 is 11.6 Å². The Balaban J connectivity index is 2.47. The van der Waals surface area contributed by atoms with Crippen molar-refractivity contribution in [2.24, 2.45) is 7.05 Å². The van der Waals surface area contributed by atoms with Crippen molar-refractivity contribution in [1.82, 2.24) is 14.8 Å². The zero-order chi connectivity index (χ0) is 9.26. The molecule has 0 saturated carbocycles. The molecule has 66 valence electrons. The summed E-state index contributed by atoms with van der Waals surface area (Å²) in [6.45, 7) is 0. The van der Waals surface area contributed by atoms with Crippen molar-refractivity contribution >= 4 is 11.6 Å². The number of halogens is 1. The average molecular weight is 194 g/mol. The highest BCUT2D eigenvalue weighted by Crippen LogP contribution is 2.17. The number of rotatable bonds is 1. The van der Waals surface area contributed by atoms with Crippen LogP contribution in [0.1, 0.15) is 0 Å². The van der Waals surface area contributed by atoms with Crippen molar-refractivity contribution in [3.63, 3.8) is 0 Å². The van der Waals surface area contributed by atoms with Crippen LogP contribution in [0.4, 0.5) is 0 Å². The maximum Gasteiger partial charge on any atom is 0.157 e. The molecule has 0 spiro atoms. The van der Waals surface area contributed by atoms with Crippen molar-refractivity contribution < 1.29 is 0 Å². The van der Waals surface area contributed by atoms with Gasteiger partial charge >= 0.3 is 0 Å². The lowest BCUT2D eigenvalue weighted by atomic mass is 10.2. The largest absolute Gasteiger partial charge is 0.249 e. The SMILES string of the molecule is Cn1ncnc1-c1ccc(Cl)cc1. The van der Waals surface area contributed by atoms with E-state index in [1.807, 2.05) is 31.3 Å². The lowest BCUT2D eigenvalue weighted by molar-refractivity contribution is 0.774. The zero-order valence-corrected chi connectivity index (χ0v) is 7.86. The van der Waals surface area contributed by atoms with Gasteiger partial charge < -0.3 is 0 Å². The van der Waals surface area contributed by atoms with Gasteiger partial charge in [-0.25, -0.2) is 9.67 Å². The molecule has 0 bridgehead atoms. The Morgan fingerprint density at radius 1 is 1.23 bits per heavy atom. The average Bonchev–Trinajstić information content (AvgIpc) is 2.53. The Morgan fingerprint density at radius 3 is 2.46 bits per heavy atom. The highest BCUT2D eigenvalue weighted by Gasteiger charge is 2.02. The van der Waals surface area contributed by atoms with Crippen molar-refractivity contribution in [1.29, 1.82) is 0 Å². The van der Waals surface area contributed by atoms with Gasteiger partial charge in [-0.05, 0) is 24.3 Å². The summed E-state index contributed by atoms with van der Waals surface area (Å²) in [5.74, 6) is 0.844. The fraction of sp³-hybridized carbons (Fsp3) is 0.111. The molecule has 0 aliphatic carbocycles. The predicted octanol–water partition coefficient (Wildman–Crippen LogP) is 2.14. The first-order valence-electron chi connectivity index (χ1n) is 3.87. The van der Waals surface area contributed by atoms with Crippen LogP contribution in [-0.2, 0) is 7.05 Å². The van der Waals surface area contributed by atoms with Crippen LogP contribution in [0.2, 0.25) is 5.02 Å². The Kier molecular flexibility index (Phi) is 2.02. The van der Waals surface area contributed by atoms with Crippen LogP contribution in [0.3, 0.4) is 0 Å². The highest BCUT2D eigenvalue weighted by molar-refractivity contribution is 6.30. The summed E-state index contributed by atoms with van der Waals surface area (Å²) >= 11 is 5.77. The van der Waals surface area contributed by atoms with Gasteiger partial charge in [0.25, 0.3) is 0 Å². The van der Waals surface area contributed by atoms with Gasteiger partial charge in [-0.15, -0.1) is 0 Å². The molecule has 0 saturated heterocycles. The number of hydrogen-bond acceptors (Lipinski definition) is 2. The summed E-state index contributed by atoms with van der Waals surface area (Å²) in [6.07, 6.45) is 1.53. The molecule has 13 heavy (non-hydrogen) atoms. The minimum atomic E-state index is 0.728. The van der Waals surface area contributed by atoms with Crippen LogP contribution in [0.25, 0.3) is 11.4 Å². The molecule has 1 aromatic carbocycles. The normalized spacial score (nSPS) is 10.3. The molecular weight excluding hydrogens is 186 g/mol. The Labute approximate surface area is 81.0 Å². The van der Waals surface area contributed by atoms with Crippen LogP contribution < -0.4 is 0 Å². The van der Waals surface area contributed by atoms with Crippen LogP contribution in [-0.4, -0.2) is 14.8 Å². The van der Waals surface area contributed by atoms with Gasteiger partial charge in [-0.1, -0.05) is 11.6 Å². The third kappa shape index (κ3) is 1.55. The molecule has 0 unspecified atom stereocenters. The summed E-state index contributed by atoms with van der Waals surface area (Å²) < 4.78 is 1.73. The van der Waals surface area contributed by atoms with E-state index in [1.165, 1.54) is 6.33 Å². The van der Waals surface area contributed by atoms with E-state index in [0.29, 0.717) is 0 Å². The molecule has 1 aromatic heterocycles. The molecule has 0 fully saturated rings. The lowest BCUT2D eigenvalue weighted by Crippen LogP contribution is -1.93. The standard InChI is InChI=1S/C9H8ClN3/c1-13-9(11-6-12-13)7-2-4-8(10)5-3-7/h2-6H,1H3. The Hall–Kier alpha value is -1.35. The molecule has 1 heterocycles. The van der Waals surface area contributed by atoms with Gasteiger partial charge in [0.2, 0.25) is 0 Å². The molecule has 0 atom stereocenters. The second kappa shape index (κ2) is 3.18. The fourth-order valence-corrected chi connectivity index (χ4v) is 1.28. The fourth-order valence-electron chi connectivity index (χ4n) is 1.16. The van der Waals surface area contributed by atoms with Crippen LogP contribution in [0, 0.1) is 0 Å². The van der Waals surface area contributed by atoms with Gasteiger partial charge in [-0.3, -0.25) is 0 Å². The summed E-state index contributed by atoms with van der Waals surface area (Å²) in [5.41, 5.74) is 1.02. The predicted molar refractivity (Wildman–Crippen MR) is 51.4 cm³/mol. The maximum atomic E-state index is 5.77. The second-order valence-electron chi connectivity index (χ2n) is 2.71. The van der Waals surface area contributed by atoms with Crippen molar-refractivity contribution in [2.45, 2.75) is 0 Å². The van der Waals surface area contributed by atoms with E-state index < -0.39 is 0 Å². The number of aryl methyl sites for hydroxylation is 1. The zero-order valence-electron chi connectivity index (χ0n) is 7.11. The van der Waals surface area contributed by atoms with E-state index in [1.54, 1.807) is 4.68 Å². The van der Waals surface area contributed by atoms with Gasteiger partial charge in [0, 0.05) is 17.6 Å². The lowest BCUT2D eigenvalue weighted by Gasteiger charge is -1.99. The molecule has 0 aliphatic rings. The number of hydrogen-bond donors (Lipinski definition) is 0. The van der Waals surface area contributed by atoms with Gasteiger partial charge in [-0.2, -0.15) is 5.10 Å². The Bertz CT molecular complexity index is 405. The maximum absolute atomic E-state index is 5.77. The molecule has 0 radical (unpaired) electrons. The van der Waals surface area contributed by atoms with Gasteiger partial charge in [0.1, 0.15) is 6.33 Å². The summed E-state index contributed by atoms with van der Waals surface area (Å²) in [4.78, 5) is 4.12. The molecule has 4 heteroatoms. The number of aromatic nitrogens is 3. The number of benzene rings is 1. The van der Waals surface area contributed by atoms with E-state index in [0.717, 1.165) is 16.4 Å². The van der Waals surface area contributed by atoms with Gasteiger partial charge in [0.05, 0.1) is 0 Å². The molecule has 0 aliphatic heterocycles. The third-order valence-electron chi connectivity index (χ3n) is 1.81. The topological polar surface area (TPSA) is 30.7 Å². The molecular formula is C9H8ClN3. The first kappa shape index (κ1) is 8.26. The smallest absolute Gasteiger partial charge is 0.157 e. The summed E-state index contributed by atoms with van der Waals surface area (Å²) in [5, 5.41) is 4.72. The molecule has 3 nitrogen and oxygen atoms in total. The molecule has 2 aromatic rings. The first-order valence-corrected chi connectivity index (χ1v) is 4.25. The van der Waals surface area contributed by atoms with Crippen molar-refractivity contribution in [3.05, 3.63) is 35.6 Å². The van der Waals surface area contributed by atoms with E-state index in [9.17, 15) is 0 Å². The molecule has 2 rings (SSSR count). The monoisotopic (exact) mass is 193 g/mol. The molecule has 0 N–H and O–H groups in total. The van der Waals surface area contributed by atoms with Crippen molar-refractivity contribution in [3.8, 4) is 11.4 Å². The van der Waals surface area contributed by atoms with Crippen molar-refractivity contribution in [2.75, 3.05) is 0 Å². The minimum Gasteiger partial charge on any atom is -0.249 e. The highest BCUT2D eigenvalue weighted by atomic mass is 35.5. The molecule has 0 amide bonds. The van der Waals surface area contributed by atoms with E-state index >= 15 is 0 Å². The summed E-state index contributed by atoms with van der Waals surface area (Å²) in [7, 11) is 1.86. The Morgan fingerprint density at radius 2 is 1.92 bits per heavy atom. The van der Waals surface area contributed by atoms with E-state index in [-0.39, 0.29) is 0 Å². The van der Waals surface area contributed by atoms with Gasteiger partial charge in [0.15, 0.2) is 5.82 Å². The minimum absolute atomic E-state index is 0.728. The van der Waals surface area contributed by atoms with E-state index in [4.69, 9.17) is 11.6 Å². The number of nitrogens with zero attached hydrogens (tertiary/aromatic N) is 3.